The Balaban J connectivity index is 1.47. The molecule has 3 aromatic rings. The number of hydrogen-bond acceptors (Lipinski definition) is 13. The smallest absolute Gasteiger partial charge is 0.475 e. The van der Waals surface area contributed by atoms with Crippen molar-refractivity contribution in [2.24, 2.45) is 0 Å². The lowest BCUT2D eigenvalue weighted by molar-refractivity contribution is -0.436. The third kappa shape index (κ3) is 5.78. The van der Waals surface area contributed by atoms with Gasteiger partial charge in [-0.05, 0) is 23.6 Å². The maximum absolute atomic E-state index is 12.5. The van der Waals surface area contributed by atoms with Crippen molar-refractivity contribution < 1.29 is 48.1 Å². The van der Waals surface area contributed by atoms with Gasteiger partial charge in [0, 0.05) is 10.9 Å². The molecule has 0 aliphatic carbocycles. The number of benzene rings is 1. The number of phosphoric ester groups is 1. The molecular formula is C18H19N3O11P2S-2. The summed E-state index contributed by atoms with van der Waals surface area (Å²) in [5, 5.41) is 21.1. The van der Waals surface area contributed by atoms with Crippen molar-refractivity contribution in [1.29, 1.82) is 0 Å². The summed E-state index contributed by atoms with van der Waals surface area (Å²) < 4.78 is 28.8. The Hall–Kier alpha value is -1.84. The van der Waals surface area contributed by atoms with Crippen LogP contribution in [0.4, 0.5) is 5.82 Å². The highest BCUT2D eigenvalue weighted by Gasteiger charge is 2.45. The maximum atomic E-state index is 12.5. The number of nitrogens with two attached hydrogens (primary N) is 1. The van der Waals surface area contributed by atoms with Crippen LogP contribution in [0.1, 0.15) is 17.0 Å². The fourth-order valence-corrected chi connectivity index (χ4v) is 6.99. The zero-order valence-corrected chi connectivity index (χ0v) is 20.1. The van der Waals surface area contributed by atoms with Gasteiger partial charge < -0.3 is 40.3 Å². The highest BCUT2D eigenvalue weighted by Crippen LogP contribution is 2.60. The number of aromatic nitrogens is 2. The standard InChI is InChI=1S/C18H21N3O11P2S/c19-13-5-6-21(18(24)20-13)16-15(23)14(22)10(31-16)8-30-34(28,29)32-17(33(25,26)27)12-7-9-3-1-2-4-11(9)35-12/h1-7,10,14-17,22-23H,8H2,(H,28,29)(H2,19,20,24)(H2,25,26,27)/p-2/t10-,14-,15-,16-,17?/m1/s1. The van der Waals surface area contributed by atoms with Crippen LogP contribution in [-0.4, -0.2) is 49.6 Å². The number of nitrogens with zero attached hydrogens (tertiary/aromatic N) is 2. The molecule has 2 unspecified atom stereocenters. The summed E-state index contributed by atoms with van der Waals surface area (Å²) in [6.45, 7) is -0.860. The van der Waals surface area contributed by atoms with E-state index in [1.54, 1.807) is 24.3 Å². The van der Waals surface area contributed by atoms with E-state index in [-0.39, 0.29) is 10.7 Å². The van der Waals surface area contributed by atoms with Crippen molar-refractivity contribution in [2.45, 2.75) is 30.4 Å². The van der Waals surface area contributed by atoms with Gasteiger partial charge in [-0.1, -0.05) is 18.2 Å². The van der Waals surface area contributed by atoms with E-state index in [1.165, 1.54) is 18.3 Å². The van der Waals surface area contributed by atoms with Crippen LogP contribution in [0.2, 0.25) is 0 Å². The van der Waals surface area contributed by atoms with Gasteiger partial charge in [0.15, 0.2) is 12.1 Å². The van der Waals surface area contributed by atoms with Crippen LogP contribution in [-0.2, 0) is 18.3 Å². The van der Waals surface area contributed by atoms with E-state index < -0.39 is 58.4 Å². The van der Waals surface area contributed by atoms with Crippen LogP contribution in [0.5, 0.6) is 0 Å². The first-order chi connectivity index (χ1) is 16.4. The molecule has 35 heavy (non-hydrogen) atoms. The quantitative estimate of drug-likeness (QED) is 0.231. The van der Waals surface area contributed by atoms with Crippen LogP contribution in [0, 0.1) is 0 Å². The molecule has 3 heterocycles. The Kier molecular flexibility index (Phi) is 7.42. The van der Waals surface area contributed by atoms with Crippen molar-refractivity contribution >= 4 is 43.0 Å². The van der Waals surface area contributed by atoms with Crippen LogP contribution in [0.15, 0.2) is 47.4 Å². The predicted molar refractivity (Wildman–Crippen MR) is 117 cm³/mol. The fraction of sp³-hybridized carbons (Fsp3) is 0.333. The molecule has 2 aromatic heterocycles. The maximum Gasteiger partial charge on any atom is 0.475 e. The molecule has 0 bridgehead atoms. The monoisotopic (exact) mass is 547 g/mol. The highest BCUT2D eigenvalue weighted by molar-refractivity contribution is 7.56. The number of nitrogen functional groups attached to an aromatic ring is 1. The van der Waals surface area contributed by atoms with Gasteiger partial charge in [-0.2, -0.15) is 4.98 Å². The average Bonchev–Trinajstić information content (AvgIpc) is 3.32. The number of phosphoric acid groups is 1. The molecule has 1 aliphatic rings. The van der Waals surface area contributed by atoms with Gasteiger partial charge in [-0.25, -0.2) is 13.9 Å². The number of fused-ring (bicyclic) bond motifs is 1. The van der Waals surface area contributed by atoms with Gasteiger partial charge in [0.05, 0.1) is 11.5 Å². The second-order valence-corrected chi connectivity index (χ2v) is 11.6. The minimum atomic E-state index is -5.58. The molecule has 190 valence electrons. The molecule has 0 saturated carbocycles. The number of thiophene rings is 1. The summed E-state index contributed by atoms with van der Waals surface area (Å²) in [5.41, 5.74) is 4.53. The minimum Gasteiger partial charge on any atom is -0.685 e. The Bertz CT molecular complexity index is 1280. The van der Waals surface area contributed by atoms with Crippen molar-refractivity contribution in [3.05, 3.63) is 58.0 Å². The van der Waals surface area contributed by atoms with E-state index in [0.29, 0.717) is 10.1 Å². The largest absolute Gasteiger partial charge is 0.685 e. The first-order valence-electron chi connectivity index (χ1n) is 9.88. The predicted octanol–water partition coefficient (Wildman–Crippen LogP) is -1.66. The Morgan fingerprint density at radius 3 is 2.63 bits per heavy atom. The number of aliphatic hydroxyl groups excluding tert-OH is 2. The van der Waals surface area contributed by atoms with Gasteiger partial charge >= 0.3 is 13.5 Å². The van der Waals surface area contributed by atoms with Gasteiger partial charge in [0.25, 0.3) is 0 Å². The third-order valence-electron chi connectivity index (χ3n) is 5.07. The molecule has 4 rings (SSSR count). The number of aliphatic hydroxyl groups is 2. The van der Waals surface area contributed by atoms with E-state index in [2.05, 4.69) is 4.98 Å². The third-order valence-corrected chi connectivity index (χ3v) is 8.48. The van der Waals surface area contributed by atoms with Crippen LogP contribution < -0.4 is 26.1 Å². The molecule has 0 amide bonds. The van der Waals surface area contributed by atoms with Gasteiger partial charge in [-0.15, -0.1) is 19.3 Å². The highest BCUT2D eigenvalue weighted by atomic mass is 32.1. The molecule has 17 heteroatoms. The molecule has 1 aromatic carbocycles. The van der Waals surface area contributed by atoms with Crippen LogP contribution >= 0.6 is 27.1 Å². The van der Waals surface area contributed by atoms with Gasteiger partial charge in [0.1, 0.15) is 24.1 Å². The van der Waals surface area contributed by atoms with E-state index in [0.717, 1.165) is 15.9 Å². The molecule has 1 saturated heterocycles. The summed E-state index contributed by atoms with van der Waals surface area (Å²) in [5.74, 6) is -2.40. The second kappa shape index (κ2) is 9.90. The Morgan fingerprint density at radius 2 is 1.97 bits per heavy atom. The summed E-state index contributed by atoms with van der Waals surface area (Å²) in [6.07, 6.45) is -5.01. The second-order valence-electron chi connectivity index (χ2n) is 7.54. The van der Waals surface area contributed by atoms with E-state index >= 15 is 0 Å². The summed E-state index contributed by atoms with van der Waals surface area (Å²) in [6, 6.07) is 9.29. The summed E-state index contributed by atoms with van der Waals surface area (Å²) in [7, 11) is -10.8. The minimum absolute atomic E-state index is 0.0836. The number of hydrogen-bond donors (Lipinski definition) is 4. The van der Waals surface area contributed by atoms with E-state index in [4.69, 9.17) is 19.5 Å². The van der Waals surface area contributed by atoms with Crippen molar-refractivity contribution in [1.82, 2.24) is 9.55 Å². The normalized spacial score (nSPS) is 25.5. The first kappa shape index (κ1) is 26.2. The molecule has 6 atom stereocenters. The zero-order valence-electron chi connectivity index (χ0n) is 17.5. The van der Waals surface area contributed by atoms with Crippen molar-refractivity contribution in [3.63, 3.8) is 0 Å². The molecular weight excluding hydrogens is 528 g/mol. The van der Waals surface area contributed by atoms with Crippen molar-refractivity contribution in [3.8, 4) is 0 Å². The zero-order chi connectivity index (χ0) is 25.5. The Labute approximate surface area is 201 Å². The topological polar surface area (TPSA) is 236 Å². The lowest BCUT2D eigenvalue weighted by Gasteiger charge is -2.46. The molecule has 1 aliphatic heterocycles. The van der Waals surface area contributed by atoms with E-state index in [9.17, 15) is 39.1 Å². The molecule has 5 N–H and O–H groups in total. The van der Waals surface area contributed by atoms with Gasteiger partial charge in [0.2, 0.25) is 0 Å². The molecule has 14 nitrogen and oxygen atoms in total. The number of rotatable bonds is 8. The van der Waals surface area contributed by atoms with Crippen LogP contribution in [0.3, 0.4) is 0 Å². The Morgan fingerprint density at radius 1 is 1.26 bits per heavy atom. The lowest BCUT2D eigenvalue weighted by Crippen LogP contribution is -2.37. The number of anilines is 1. The van der Waals surface area contributed by atoms with Gasteiger partial charge in [-0.3, -0.25) is 9.09 Å². The molecule has 0 radical (unpaired) electrons. The molecule has 1 fully saturated rings. The molecule has 0 spiro atoms. The van der Waals surface area contributed by atoms with E-state index in [1.807, 2.05) is 0 Å². The van der Waals surface area contributed by atoms with Crippen molar-refractivity contribution in [2.75, 3.05) is 12.3 Å². The number of ether oxygens (including phenoxy) is 1. The average molecular weight is 547 g/mol. The fourth-order valence-electron chi connectivity index (χ4n) is 3.43. The lowest BCUT2D eigenvalue weighted by atomic mass is 10.1. The SMILES string of the molecule is Nc1ccn([C@@H]2O[C@H](COP(=O)(O)OC(c3cc4ccccc4s3)[P+]([O-])([O-])[O-])[C@@H](O)[C@H]2O)c(=O)n1. The summed E-state index contributed by atoms with van der Waals surface area (Å²) >= 11 is 0.887. The first-order valence-corrected chi connectivity index (χ1v) is 13.8. The summed E-state index contributed by atoms with van der Waals surface area (Å²) in [4.78, 5) is 60.9. The van der Waals surface area contributed by atoms with Crippen LogP contribution in [0.25, 0.3) is 10.1 Å².